The highest BCUT2D eigenvalue weighted by Crippen LogP contribution is 2.25. The Kier molecular flexibility index (Phi) is 7.97. The summed E-state index contributed by atoms with van der Waals surface area (Å²) in [5, 5.41) is 2.74. The molecule has 1 atom stereocenters. The summed E-state index contributed by atoms with van der Waals surface area (Å²) in [5.74, 6) is -2.12. The van der Waals surface area contributed by atoms with E-state index >= 15 is 0 Å². The van der Waals surface area contributed by atoms with Crippen LogP contribution < -0.4 is 10.2 Å². The number of carbonyl (C=O) groups is 4. The molecule has 0 bridgehead atoms. The van der Waals surface area contributed by atoms with Crippen LogP contribution in [0.4, 0.5) is 11.4 Å². The maximum atomic E-state index is 12.7. The largest absolute Gasteiger partial charge is 0.449 e. The summed E-state index contributed by atoms with van der Waals surface area (Å²) < 4.78 is 15.7. The fourth-order valence-electron chi connectivity index (χ4n) is 4.09. The third-order valence-electron chi connectivity index (χ3n) is 6.10. The monoisotopic (exact) mass is 495 g/mol. The number of morpholine rings is 1. The summed E-state index contributed by atoms with van der Waals surface area (Å²) in [6.45, 7) is 5.11. The van der Waals surface area contributed by atoms with Crippen LogP contribution in [0, 0.1) is 0 Å². The van der Waals surface area contributed by atoms with Crippen molar-refractivity contribution in [3.05, 3.63) is 59.2 Å². The molecule has 1 fully saturated rings. The molecule has 0 spiro atoms. The molecule has 0 radical (unpaired) electrons. The van der Waals surface area contributed by atoms with Crippen molar-refractivity contribution in [2.75, 3.05) is 56.8 Å². The Hall–Kier alpha value is -3.76. The van der Waals surface area contributed by atoms with Gasteiger partial charge in [-0.1, -0.05) is 0 Å². The minimum absolute atomic E-state index is 0.0863. The van der Waals surface area contributed by atoms with E-state index in [0.717, 1.165) is 23.7 Å². The molecule has 1 N–H and O–H groups in total. The number of nitrogens with one attached hydrogen (secondary N) is 1. The Morgan fingerprint density at radius 1 is 1.03 bits per heavy atom. The third-order valence-corrected chi connectivity index (χ3v) is 6.10. The van der Waals surface area contributed by atoms with Crippen LogP contribution in [-0.4, -0.2) is 81.3 Å². The van der Waals surface area contributed by atoms with Crippen LogP contribution in [0.5, 0.6) is 0 Å². The predicted molar refractivity (Wildman–Crippen MR) is 131 cm³/mol. The lowest BCUT2D eigenvalue weighted by Gasteiger charge is -2.28. The summed E-state index contributed by atoms with van der Waals surface area (Å²) in [4.78, 5) is 53.8. The Balaban J connectivity index is 1.34. The predicted octanol–water partition coefficient (Wildman–Crippen LogP) is 2.34. The highest BCUT2D eigenvalue weighted by atomic mass is 16.5. The molecule has 2 aromatic carbocycles. The number of methoxy groups -OCH3 is 1. The standard InChI is InChI=1S/C26H29N3O7/c1-17(23(30)27-19-5-7-20(8-6-19)28-11-14-35-15-12-28)36-26(33)18-4-9-21-22(16-18)25(32)29(24(21)31)10-3-13-34-2/h4-9,16-17H,3,10-15H2,1-2H3,(H,27,30). The topological polar surface area (TPSA) is 114 Å². The number of hydrogen-bond donors (Lipinski definition) is 1. The Morgan fingerprint density at radius 3 is 2.42 bits per heavy atom. The first kappa shape index (κ1) is 25.3. The maximum absolute atomic E-state index is 12.7. The van der Waals surface area contributed by atoms with E-state index in [0.29, 0.717) is 31.9 Å². The minimum Gasteiger partial charge on any atom is -0.449 e. The van der Waals surface area contributed by atoms with E-state index in [4.69, 9.17) is 14.2 Å². The Bertz CT molecular complexity index is 1140. The van der Waals surface area contributed by atoms with Crippen LogP contribution in [-0.2, 0) is 19.0 Å². The van der Waals surface area contributed by atoms with Gasteiger partial charge in [0.1, 0.15) is 0 Å². The van der Waals surface area contributed by atoms with Gasteiger partial charge in [-0.2, -0.15) is 0 Å². The van der Waals surface area contributed by atoms with Gasteiger partial charge in [-0.15, -0.1) is 0 Å². The number of fused-ring (bicyclic) bond motifs is 1. The summed E-state index contributed by atoms with van der Waals surface area (Å²) in [6, 6.07) is 11.6. The van der Waals surface area contributed by atoms with Crippen LogP contribution in [0.25, 0.3) is 0 Å². The van der Waals surface area contributed by atoms with E-state index in [2.05, 4.69) is 10.2 Å². The lowest BCUT2D eigenvalue weighted by Crippen LogP contribution is -2.36. The van der Waals surface area contributed by atoms with Gasteiger partial charge in [0.15, 0.2) is 6.10 Å². The first-order chi connectivity index (χ1) is 17.4. The molecule has 3 amide bonds. The minimum atomic E-state index is -1.08. The summed E-state index contributed by atoms with van der Waals surface area (Å²) in [5.41, 5.74) is 2.08. The molecule has 0 aliphatic carbocycles. The molecule has 10 nitrogen and oxygen atoms in total. The number of amides is 3. The van der Waals surface area contributed by atoms with Crippen LogP contribution >= 0.6 is 0 Å². The molecule has 190 valence electrons. The second-order valence-electron chi connectivity index (χ2n) is 8.55. The molecule has 2 heterocycles. The zero-order chi connectivity index (χ0) is 25.7. The number of ether oxygens (including phenoxy) is 3. The highest BCUT2D eigenvalue weighted by molar-refractivity contribution is 6.22. The van der Waals surface area contributed by atoms with Gasteiger partial charge in [-0.3, -0.25) is 19.3 Å². The number of anilines is 2. The van der Waals surface area contributed by atoms with Crippen molar-refractivity contribution in [2.24, 2.45) is 0 Å². The number of rotatable bonds is 9. The smallest absolute Gasteiger partial charge is 0.338 e. The number of esters is 1. The van der Waals surface area contributed by atoms with Crippen LogP contribution in [0.2, 0.25) is 0 Å². The molecule has 2 aromatic rings. The average Bonchev–Trinajstić information content (AvgIpc) is 3.14. The SMILES string of the molecule is COCCCN1C(=O)c2ccc(C(=O)OC(C)C(=O)Nc3ccc(N4CCOCC4)cc3)cc2C1=O. The van der Waals surface area contributed by atoms with Gasteiger partial charge < -0.3 is 24.4 Å². The zero-order valence-corrected chi connectivity index (χ0v) is 20.3. The van der Waals surface area contributed by atoms with Crippen LogP contribution in [0.1, 0.15) is 44.4 Å². The molecule has 0 aromatic heterocycles. The van der Waals surface area contributed by atoms with Gasteiger partial charge in [-0.05, 0) is 55.8 Å². The fourth-order valence-corrected chi connectivity index (χ4v) is 4.09. The number of benzene rings is 2. The number of imide groups is 1. The van der Waals surface area contributed by atoms with Gasteiger partial charge >= 0.3 is 5.97 Å². The Morgan fingerprint density at radius 2 is 1.72 bits per heavy atom. The van der Waals surface area contributed by atoms with Crippen LogP contribution in [0.3, 0.4) is 0 Å². The number of hydrogen-bond acceptors (Lipinski definition) is 8. The maximum Gasteiger partial charge on any atom is 0.338 e. The molecule has 36 heavy (non-hydrogen) atoms. The van der Waals surface area contributed by atoms with E-state index < -0.39 is 29.8 Å². The molecule has 0 saturated carbocycles. The summed E-state index contributed by atoms with van der Waals surface area (Å²) in [6.07, 6.45) is -0.563. The van der Waals surface area contributed by atoms with Crippen molar-refractivity contribution in [1.82, 2.24) is 4.90 Å². The van der Waals surface area contributed by atoms with E-state index in [1.54, 1.807) is 19.2 Å². The zero-order valence-electron chi connectivity index (χ0n) is 20.3. The molecule has 1 saturated heterocycles. The Labute approximate surface area is 209 Å². The van der Waals surface area contributed by atoms with Gasteiger partial charge in [-0.25, -0.2) is 4.79 Å². The van der Waals surface area contributed by atoms with Gasteiger partial charge in [0.05, 0.1) is 29.9 Å². The van der Waals surface area contributed by atoms with E-state index in [1.807, 2.05) is 12.1 Å². The van der Waals surface area contributed by atoms with E-state index in [-0.39, 0.29) is 23.2 Å². The van der Waals surface area contributed by atoms with Gasteiger partial charge in [0, 0.05) is 44.7 Å². The lowest BCUT2D eigenvalue weighted by molar-refractivity contribution is -0.123. The van der Waals surface area contributed by atoms with Gasteiger partial charge in [0.25, 0.3) is 17.7 Å². The second-order valence-corrected chi connectivity index (χ2v) is 8.55. The first-order valence-electron chi connectivity index (χ1n) is 11.8. The summed E-state index contributed by atoms with van der Waals surface area (Å²) >= 11 is 0. The number of carbonyl (C=O) groups excluding carboxylic acids is 4. The second kappa shape index (κ2) is 11.3. The van der Waals surface area contributed by atoms with Gasteiger partial charge in [0.2, 0.25) is 0 Å². The van der Waals surface area contributed by atoms with Crippen molar-refractivity contribution < 1.29 is 33.4 Å². The molecule has 4 rings (SSSR count). The van der Waals surface area contributed by atoms with E-state index in [9.17, 15) is 19.2 Å². The fraction of sp³-hybridized carbons (Fsp3) is 0.385. The van der Waals surface area contributed by atoms with Crippen molar-refractivity contribution in [3.63, 3.8) is 0 Å². The normalized spacial score (nSPS) is 16.1. The van der Waals surface area contributed by atoms with Crippen molar-refractivity contribution in [1.29, 1.82) is 0 Å². The third kappa shape index (κ3) is 5.55. The molecule has 2 aliphatic rings. The van der Waals surface area contributed by atoms with Crippen molar-refractivity contribution in [2.45, 2.75) is 19.4 Å². The van der Waals surface area contributed by atoms with Crippen molar-refractivity contribution >= 4 is 35.1 Å². The highest BCUT2D eigenvalue weighted by Gasteiger charge is 2.36. The molecule has 10 heteroatoms. The number of nitrogens with zero attached hydrogens (tertiary/aromatic N) is 2. The molecule has 2 aliphatic heterocycles. The van der Waals surface area contributed by atoms with Crippen molar-refractivity contribution in [3.8, 4) is 0 Å². The van der Waals surface area contributed by atoms with Crippen LogP contribution in [0.15, 0.2) is 42.5 Å². The molecular formula is C26H29N3O7. The van der Waals surface area contributed by atoms with E-state index in [1.165, 1.54) is 25.1 Å². The first-order valence-corrected chi connectivity index (χ1v) is 11.8. The average molecular weight is 496 g/mol. The quantitative estimate of drug-likeness (QED) is 0.320. The molecule has 1 unspecified atom stereocenters. The summed E-state index contributed by atoms with van der Waals surface area (Å²) in [7, 11) is 1.55. The molecular weight excluding hydrogens is 466 g/mol. The lowest BCUT2D eigenvalue weighted by atomic mass is 10.1.